The first-order valence-corrected chi connectivity index (χ1v) is 12.0. The van der Waals surface area contributed by atoms with Crippen LogP contribution in [0.4, 0.5) is 17.6 Å². The molecule has 0 aliphatic heterocycles. The van der Waals surface area contributed by atoms with Crippen LogP contribution in [0.3, 0.4) is 0 Å². The highest BCUT2D eigenvalue weighted by Gasteiger charge is 2.27. The van der Waals surface area contributed by atoms with Gasteiger partial charge in [-0.2, -0.15) is 4.39 Å². The molecule has 2 aromatic rings. The van der Waals surface area contributed by atoms with E-state index in [1.807, 2.05) is 6.92 Å². The van der Waals surface area contributed by atoms with Gasteiger partial charge in [0.2, 0.25) is 5.82 Å². The fraction of sp³-hybridized carbons (Fsp3) is 0.556. The van der Waals surface area contributed by atoms with Crippen LogP contribution in [-0.4, -0.2) is 6.61 Å². The van der Waals surface area contributed by atoms with Crippen LogP contribution < -0.4 is 4.74 Å². The summed E-state index contributed by atoms with van der Waals surface area (Å²) in [5.41, 5.74) is 1.28. The molecule has 0 atom stereocenters. The molecule has 2 aromatic carbocycles. The van der Waals surface area contributed by atoms with Gasteiger partial charge in [-0.25, -0.2) is 13.2 Å². The van der Waals surface area contributed by atoms with Gasteiger partial charge in [0.05, 0.1) is 6.61 Å². The first-order valence-electron chi connectivity index (χ1n) is 12.0. The highest BCUT2D eigenvalue weighted by molar-refractivity contribution is 5.31. The summed E-state index contributed by atoms with van der Waals surface area (Å²) >= 11 is 0. The Bertz CT molecular complexity index is 888. The summed E-state index contributed by atoms with van der Waals surface area (Å²) in [6, 6.07) is 6.56. The minimum atomic E-state index is -0.929. The number of ether oxygens (including phenoxy) is 1. The van der Waals surface area contributed by atoms with Gasteiger partial charge in [-0.1, -0.05) is 51.3 Å². The second-order valence-electron chi connectivity index (χ2n) is 9.03. The number of benzene rings is 2. The number of rotatable bonds is 10. The topological polar surface area (TPSA) is 9.23 Å². The molecular formula is C27H34F4O. The number of hydrogen-bond acceptors (Lipinski definition) is 1. The first-order chi connectivity index (χ1) is 15.5. The molecule has 1 saturated carbocycles. The average Bonchev–Trinajstić information content (AvgIpc) is 2.80. The van der Waals surface area contributed by atoms with Gasteiger partial charge >= 0.3 is 0 Å². The van der Waals surface area contributed by atoms with Crippen molar-refractivity contribution < 1.29 is 22.3 Å². The van der Waals surface area contributed by atoms with E-state index in [2.05, 4.69) is 6.92 Å². The lowest BCUT2D eigenvalue weighted by Crippen LogP contribution is -2.20. The molecule has 0 amide bonds. The van der Waals surface area contributed by atoms with Crippen LogP contribution >= 0.6 is 0 Å². The zero-order valence-electron chi connectivity index (χ0n) is 19.2. The molecule has 0 radical (unpaired) electrons. The van der Waals surface area contributed by atoms with Crippen molar-refractivity contribution in [1.29, 1.82) is 0 Å². The van der Waals surface area contributed by atoms with Crippen LogP contribution in [0.15, 0.2) is 24.3 Å². The maximum atomic E-state index is 14.7. The third-order valence-electron chi connectivity index (χ3n) is 6.65. The Kier molecular flexibility index (Phi) is 9.01. The van der Waals surface area contributed by atoms with E-state index in [0.29, 0.717) is 36.1 Å². The van der Waals surface area contributed by atoms with E-state index in [-0.39, 0.29) is 17.6 Å². The predicted molar refractivity (Wildman–Crippen MR) is 120 cm³/mol. The lowest BCUT2D eigenvalue weighted by molar-refractivity contribution is 0.191. The smallest absolute Gasteiger partial charge is 0.200 e. The van der Waals surface area contributed by atoms with Gasteiger partial charge in [0, 0.05) is 0 Å². The third-order valence-corrected chi connectivity index (χ3v) is 6.65. The van der Waals surface area contributed by atoms with E-state index in [4.69, 9.17) is 4.74 Å². The largest absolute Gasteiger partial charge is 0.490 e. The van der Waals surface area contributed by atoms with Crippen molar-refractivity contribution in [2.24, 2.45) is 5.92 Å². The average molecular weight is 451 g/mol. The second-order valence-corrected chi connectivity index (χ2v) is 9.03. The fourth-order valence-corrected chi connectivity index (χ4v) is 4.67. The summed E-state index contributed by atoms with van der Waals surface area (Å²) < 4.78 is 63.2. The number of hydrogen-bond donors (Lipinski definition) is 0. The predicted octanol–water partition coefficient (Wildman–Crippen LogP) is 8.28. The van der Waals surface area contributed by atoms with E-state index >= 15 is 0 Å². The molecule has 176 valence electrons. The third kappa shape index (κ3) is 5.85. The molecule has 0 saturated heterocycles. The van der Waals surface area contributed by atoms with Gasteiger partial charge in [-0.3, -0.25) is 0 Å². The summed E-state index contributed by atoms with van der Waals surface area (Å²) in [5.74, 6) is -3.06. The van der Waals surface area contributed by atoms with Crippen LogP contribution in [0.1, 0.15) is 87.8 Å². The van der Waals surface area contributed by atoms with Gasteiger partial charge in [0.15, 0.2) is 23.2 Å². The van der Waals surface area contributed by atoms with Gasteiger partial charge in [-0.05, 0) is 79.5 Å². The SMILES string of the molecule is CCCCCc1ccc(C2CCC(COc3ccc(CCC)c(F)c3F)CC2)c(F)c1F. The standard InChI is InChI=1S/C27H34F4O/c1-3-5-6-8-21-13-15-22(26(30)24(21)28)19-11-9-18(10-12-19)17-32-23-16-14-20(7-4-2)25(29)27(23)31/h13-16,18-19H,3-12,17H2,1-2H3. The van der Waals surface area contributed by atoms with Crippen molar-refractivity contribution in [3.63, 3.8) is 0 Å². The molecule has 1 nitrogen and oxygen atoms in total. The van der Waals surface area contributed by atoms with E-state index in [1.165, 1.54) is 6.07 Å². The molecular weight excluding hydrogens is 416 g/mol. The Hall–Kier alpha value is -2.04. The molecule has 5 heteroatoms. The van der Waals surface area contributed by atoms with Crippen molar-refractivity contribution in [2.75, 3.05) is 6.61 Å². The molecule has 1 aliphatic rings. The zero-order valence-corrected chi connectivity index (χ0v) is 19.2. The van der Waals surface area contributed by atoms with Crippen molar-refractivity contribution in [2.45, 2.75) is 84.0 Å². The van der Waals surface area contributed by atoms with Crippen molar-refractivity contribution in [1.82, 2.24) is 0 Å². The van der Waals surface area contributed by atoms with Gasteiger partial charge in [0.1, 0.15) is 0 Å². The van der Waals surface area contributed by atoms with Crippen LogP contribution in [0.5, 0.6) is 5.75 Å². The second kappa shape index (κ2) is 11.7. The summed E-state index contributed by atoms with van der Waals surface area (Å²) in [6.07, 6.45) is 7.73. The molecule has 0 spiro atoms. The van der Waals surface area contributed by atoms with Gasteiger partial charge in [0.25, 0.3) is 0 Å². The molecule has 3 rings (SSSR count). The van der Waals surface area contributed by atoms with Gasteiger partial charge < -0.3 is 4.74 Å². The Morgan fingerprint density at radius 3 is 2.06 bits per heavy atom. The lowest BCUT2D eigenvalue weighted by Gasteiger charge is -2.29. The molecule has 0 aromatic heterocycles. The van der Waals surface area contributed by atoms with Crippen LogP contribution in [0.2, 0.25) is 0 Å². The Labute approximate surface area is 189 Å². The summed E-state index contributed by atoms with van der Waals surface area (Å²) in [6.45, 7) is 4.29. The van der Waals surface area contributed by atoms with E-state index < -0.39 is 23.3 Å². The Morgan fingerprint density at radius 1 is 0.719 bits per heavy atom. The summed E-state index contributed by atoms with van der Waals surface area (Å²) in [4.78, 5) is 0. The highest BCUT2D eigenvalue weighted by atomic mass is 19.2. The number of halogens is 4. The highest BCUT2D eigenvalue weighted by Crippen LogP contribution is 2.38. The summed E-state index contributed by atoms with van der Waals surface area (Å²) in [7, 11) is 0. The molecule has 0 unspecified atom stereocenters. The van der Waals surface area contributed by atoms with Crippen LogP contribution in [-0.2, 0) is 12.8 Å². The quantitative estimate of drug-likeness (QED) is 0.261. The number of unbranched alkanes of at least 4 members (excludes halogenated alkanes) is 2. The van der Waals surface area contributed by atoms with Crippen molar-refractivity contribution in [3.8, 4) is 5.75 Å². The summed E-state index contributed by atoms with van der Waals surface area (Å²) in [5, 5.41) is 0. The maximum absolute atomic E-state index is 14.7. The van der Waals surface area contributed by atoms with Crippen molar-refractivity contribution in [3.05, 3.63) is 64.2 Å². The lowest BCUT2D eigenvalue weighted by atomic mass is 9.78. The maximum Gasteiger partial charge on any atom is 0.200 e. The minimum Gasteiger partial charge on any atom is -0.490 e. The monoisotopic (exact) mass is 450 g/mol. The Balaban J connectivity index is 1.54. The number of aryl methyl sites for hydroxylation is 2. The van der Waals surface area contributed by atoms with Gasteiger partial charge in [-0.15, -0.1) is 0 Å². The molecule has 0 N–H and O–H groups in total. The van der Waals surface area contributed by atoms with E-state index in [0.717, 1.165) is 51.4 Å². The fourth-order valence-electron chi connectivity index (χ4n) is 4.67. The van der Waals surface area contributed by atoms with Crippen LogP contribution in [0, 0.1) is 29.2 Å². The molecule has 32 heavy (non-hydrogen) atoms. The Morgan fingerprint density at radius 2 is 1.38 bits per heavy atom. The van der Waals surface area contributed by atoms with Crippen LogP contribution in [0.25, 0.3) is 0 Å². The zero-order chi connectivity index (χ0) is 23.1. The molecule has 0 heterocycles. The minimum absolute atomic E-state index is 0.0204. The molecule has 0 bridgehead atoms. The van der Waals surface area contributed by atoms with E-state index in [9.17, 15) is 17.6 Å². The van der Waals surface area contributed by atoms with Crippen molar-refractivity contribution >= 4 is 0 Å². The van der Waals surface area contributed by atoms with E-state index in [1.54, 1.807) is 18.2 Å². The molecule has 1 aliphatic carbocycles. The molecule has 1 fully saturated rings. The first kappa shape index (κ1) is 24.6. The normalized spacial score (nSPS) is 18.7.